The van der Waals surface area contributed by atoms with E-state index in [1.807, 2.05) is 0 Å². The van der Waals surface area contributed by atoms with Gasteiger partial charge >= 0.3 is 0 Å². The minimum absolute atomic E-state index is 0.199. The van der Waals surface area contributed by atoms with Crippen molar-refractivity contribution >= 4 is 15.7 Å². The molecular weight excluding hydrogens is 194 g/mol. The maximum atomic E-state index is 11.1. The molecule has 1 amide bonds. The molecule has 1 aromatic rings. The van der Waals surface area contributed by atoms with E-state index in [1.165, 1.54) is 12.3 Å². The number of nitrogens with two attached hydrogens (primary N) is 1. The zero-order chi connectivity index (χ0) is 10.1. The molecule has 0 aliphatic carbocycles. The van der Waals surface area contributed by atoms with Gasteiger partial charge in [0, 0.05) is 6.26 Å². The number of aromatic nitrogens is 2. The van der Waals surface area contributed by atoms with Gasteiger partial charge in [-0.15, -0.1) is 5.10 Å². The third kappa shape index (κ3) is 2.00. The summed E-state index contributed by atoms with van der Waals surface area (Å²) in [5, 5.41) is 6.71. The third-order valence-corrected chi connectivity index (χ3v) is 2.44. The van der Waals surface area contributed by atoms with E-state index in [2.05, 4.69) is 10.2 Å². The van der Waals surface area contributed by atoms with Gasteiger partial charge in [0.05, 0.1) is 6.20 Å². The Bertz CT molecular complexity index is 440. The summed E-state index contributed by atoms with van der Waals surface area (Å²) in [6.07, 6.45) is 2.15. The second-order valence-corrected chi connectivity index (χ2v) is 4.36. The van der Waals surface area contributed by atoms with Gasteiger partial charge in [-0.1, -0.05) is 0 Å². The molecule has 0 fully saturated rings. The molecule has 0 bridgehead atoms. The number of sulfone groups is 1. The lowest BCUT2D eigenvalue weighted by Crippen LogP contribution is -2.18. The fourth-order valence-electron chi connectivity index (χ4n) is 0.790. The Hall–Kier alpha value is -1.50. The molecule has 0 unspecified atom stereocenters. The Morgan fingerprint density at radius 3 is 2.54 bits per heavy atom. The van der Waals surface area contributed by atoms with Gasteiger partial charge < -0.3 is 5.73 Å². The number of amides is 1. The van der Waals surface area contributed by atoms with E-state index in [0.29, 0.717) is 0 Å². The Balaban J connectivity index is 3.46. The zero-order valence-corrected chi connectivity index (χ0v) is 7.58. The van der Waals surface area contributed by atoms with Crippen LogP contribution in [0.3, 0.4) is 0 Å². The summed E-state index contributed by atoms with van der Waals surface area (Å²) in [5.41, 5.74) is 4.58. The van der Waals surface area contributed by atoms with Crippen molar-refractivity contribution in [2.75, 3.05) is 6.26 Å². The van der Waals surface area contributed by atoms with Crippen molar-refractivity contribution in [3.63, 3.8) is 0 Å². The average molecular weight is 201 g/mol. The van der Waals surface area contributed by atoms with Gasteiger partial charge in [0.1, 0.15) is 4.90 Å². The summed E-state index contributed by atoms with van der Waals surface area (Å²) in [5.74, 6) is -0.909. The lowest BCUT2D eigenvalue weighted by molar-refractivity contribution is 0.0991. The Kier molecular flexibility index (Phi) is 2.28. The van der Waals surface area contributed by atoms with Crippen LogP contribution in [0.1, 0.15) is 10.5 Å². The predicted octanol–water partition coefficient (Wildman–Crippen LogP) is -1.02. The molecule has 6 nitrogen and oxygen atoms in total. The highest BCUT2D eigenvalue weighted by Crippen LogP contribution is 2.10. The van der Waals surface area contributed by atoms with Crippen molar-refractivity contribution in [3.05, 3.63) is 18.0 Å². The van der Waals surface area contributed by atoms with Gasteiger partial charge in [-0.05, 0) is 6.07 Å². The third-order valence-electron chi connectivity index (χ3n) is 1.32. The second kappa shape index (κ2) is 3.09. The first-order valence-corrected chi connectivity index (χ1v) is 5.13. The number of rotatable bonds is 2. The molecule has 0 atom stereocenters. The van der Waals surface area contributed by atoms with Gasteiger partial charge in [-0.2, -0.15) is 5.10 Å². The number of hydrogen-bond donors (Lipinski definition) is 1. The van der Waals surface area contributed by atoms with Crippen molar-refractivity contribution in [3.8, 4) is 0 Å². The molecule has 0 saturated carbocycles. The Morgan fingerprint density at radius 1 is 1.54 bits per heavy atom. The minimum atomic E-state index is -3.48. The number of carbonyl (C=O) groups is 1. The molecule has 0 spiro atoms. The summed E-state index contributed by atoms with van der Waals surface area (Å²) < 4.78 is 22.2. The lowest BCUT2D eigenvalue weighted by Gasteiger charge is -2.00. The van der Waals surface area contributed by atoms with Crippen molar-refractivity contribution in [2.24, 2.45) is 5.73 Å². The van der Waals surface area contributed by atoms with E-state index in [4.69, 9.17) is 5.73 Å². The van der Waals surface area contributed by atoms with Crippen LogP contribution < -0.4 is 5.73 Å². The molecule has 1 rings (SSSR count). The summed E-state index contributed by atoms with van der Waals surface area (Å²) in [7, 11) is -3.48. The summed E-state index contributed by atoms with van der Waals surface area (Å²) in [6.45, 7) is 0. The Morgan fingerprint density at radius 2 is 2.15 bits per heavy atom. The predicted molar refractivity (Wildman–Crippen MR) is 43.7 cm³/mol. The highest BCUT2D eigenvalue weighted by atomic mass is 32.2. The van der Waals surface area contributed by atoms with E-state index in [1.54, 1.807) is 0 Å². The monoisotopic (exact) mass is 201 g/mol. The maximum Gasteiger partial charge on any atom is 0.270 e. The van der Waals surface area contributed by atoms with E-state index in [0.717, 1.165) is 6.26 Å². The molecule has 0 aliphatic rings. The van der Waals surface area contributed by atoms with Crippen LogP contribution in [0, 0.1) is 0 Å². The maximum absolute atomic E-state index is 11.1. The van der Waals surface area contributed by atoms with Crippen LogP contribution in [0.4, 0.5) is 0 Å². The molecular formula is C6H7N3O3S. The van der Waals surface area contributed by atoms with E-state index >= 15 is 0 Å². The summed E-state index contributed by atoms with van der Waals surface area (Å²) >= 11 is 0. The first-order chi connectivity index (χ1) is 5.93. The summed E-state index contributed by atoms with van der Waals surface area (Å²) in [6, 6.07) is 1.18. The average Bonchev–Trinajstić information content (AvgIpc) is 2.03. The van der Waals surface area contributed by atoms with Crippen LogP contribution in [-0.2, 0) is 9.84 Å². The van der Waals surface area contributed by atoms with Crippen molar-refractivity contribution < 1.29 is 13.2 Å². The standard InChI is InChI=1S/C6H7N3O3S/c1-13(11,12)4-2-3-8-9-5(4)6(7)10/h2-3H,1H3,(H2,7,10). The van der Waals surface area contributed by atoms with Gasteiger partial charge in [0.25, 0.3) is 5.91 Å². The smallest absolute Gasteiger partial charge is 0.270 e. The quantitative estimate of drug-likeness (QED) is 0.659. The normalized spacial score (nSPS) is 11.2. The van der Waals surface area contributed by atoms with Gasteiger partial charge in [0.15, 0.2) is 15.5 Å². The molecule has 0 aromatic carbocycles. The molecule has 70 valence electrons. The first kappa shape index (κ1) is 9.59. The minimum Gasteiger partial charge on any atom is -0.364 e. The number of primary amides is 1. The fourth-order valence-corrected chi connectivity index (χ4v) is 1.59. The van der Waals surface area contributed by atoms with Crippen LogP contribution in [0.5, 0.6) is 0 Å². The van der Waals surface area contributed by atoms with E-state index in [-0.39, 0.29) is 10.6 Å². The largest absolute Gasteiger partial charge is 0.364 e. The topological polar surface area (TPSA) is 103 Å². The second-order valence-electron chi connectivity index (χ2n) is 2.38. The van der Waals surface area contributed by atoms with Crippen LogP contribution in [0.2, 0.25) is 0 Å². The molecule has 7 heteroatoms. The number of hydrogen-bond acceptors (Lipinski definition) is 5. The fraction of sp³-hybridized carbons (Fsp3) is 0.167. The molecule has 0 aliphatic heterocycles. The van der Waals surface area contributed by atoms with Crippen LogP contribution in [-0.4, -0.2) is 30.8 Å². The SMILES string of the molecule is CS(=O)(=O)c1ccnnc1C(N)=O. The first-order valence-electron chi connectivity index (χ1n) is 3.24. The highest BCUT2D eigenvalue weighted by Gasteiger charge is 2.17. The number of carbonyl (C=O) groups excluding carboxylic acids is 1. The lowest BCUT2D eigenvalue weighted by atomic mass is 10.4. The molecule has 0 radical (unpaired) electrons. The van der Waals surface area contributed by atoms with E-state index < -0.39 is 15.7 Å². The molecule has 1 aromatic heterocycles. The van der Waals surface area contributed by atoms with Gasteiger partial charge in [0.2, 0.25) is 0 Å². The van der Waals surface area contributed by atoms with Crippen molar-refractivity contribution in [1.29, 1.82) is 0 Å². The van der Waals surface area contributed by atoms with Crippen molar-refractivity contribution in [2.45, 2.75) is 4.90 Å². The molecule has 0 saturated heterocycles. The van der Waals surface area contributed by atoms with Crippen LogP contribution in [0.15, 0.2) is 17.2 Å². The summed E-state index contributed by atoms with van der Waals surface area (Å²) in [4.78, 5) is 10.5. The molecule has 1 heterocycles. The molecule has 13 heavy (non-hydrogen) atoms. The van der Waals surface area contributed by atoms with Crippen molar-refractivity contribution in [1.82, 2.24) is 10.2 Å². The Labute approximate surface area is 74.7 Å². The van der Waals surface area contributed by atoms with Crippen LogP contribution >= 0.6 is 0 Å². The number of nitrogens with zero attached hydrogens (tertiary/aromatic N) is 2. The van der Waals surface area contributed by atoms with Gasteiger partial charge in [-0.25, -0.2) is 8.42 Å². The van der Waals surface area contributed by atoms with Crippen LogP contribution in [0.25, 0.3) is 0 Å². The highest BCUT2D eigenvalue weighted by molar-refractivity contribution is 7.90. The molecule has 2 N–H and O–H groups in total. The zero-order valence-electron chi connectivity index (χ0n) is 6.76. The van der Waals surface area contributed by atoms with Gasteiger partial charge in [-0.3, -0.25) is 4.79 Å². The van der Waals surface area contributed by atoms with E-state index in [9.17, 15) is 13.2 Å².